The molecule has 0 amide bonds. The van der Waals surface area contributed by atoms with Crippen molar-refractivity contribution in [3.05, 3.63) is 0 Å². The molecule has 1 rings (SSSR count). The van der Waals surface area contributed by atoms with Crippen LogP contribution >= 0.6 is 0 Å². The Balaban J connectivity index is 2.32. The van der Waals surface area contributed by atoms with Gasteiger partial charge in [-0.05, 0) is 37.1 Å². The molecule has 0 aromatic heterocycles. The van der Waals surface area contributed by atoms with Crippen LogP contribution < -0.4 is 5.73 Å². The molecule has 1 aliphatic carbocycles. The van der Waals surface area contributed by atoms with E-state index in [-0.39, 0.29) is 0 Å². The highest BCUT2D eigenvalue weighted by molar-refractivity contribution is 4.76. The molecule has 1 nitrogen and oxygen atoms in total. The summed E-state index contributed by atoms with van der Waals surface area (Å²) in [6, 6.07) is 0. The Morgan fingerprint density at radius 2 is 1.83 bits per heavy atom. The molecule has 12 heavy (non-hydrogen) atoms. The predicted molar refractivity (Wildman–Crippen MR) is 54.0 cm³/mol. The molecule has 0 aliphatic heterocycles. The molecule has 0 spiro atoms. The average Bonchev–Trinajstić information content (AvgIpc) is 2.10. The summed E-state index contributed by atoms with van der Waals surface area (Å²) >= 11 is 0. The molecule has 0 heterocycles. The quantitative estimate of drug-likeness (QED) is 0.690. The molecule has 2 N–H and O–H groups in total. The molecule has 0 aromatic rings. The van der Waals surface area contributed by atoms with Gasteiger partial charge >= 0.3 is 0 Å². The summed E-state index contributed by atoms with van der Waals surface area (Å²) in [4.78, 5) is 0. The van der Waals surface area contributed by atoms with Crippen LogP contribution in [0.2, 0.25) is 0 Å². The number of hydrogen-bond donors (Lipinski definition) is 1. The summed E-state index contributed by atoms with van der Waals surface area (Å²) < 4.78 is 0. The van der Waals surface area contributed by atoms with Gasteiger partial charge in [0.25, 0.3) is 0 Å². The molecular weight excluding hydrogens is 146 g/mol. The van der Waals surface area contributed by atoms with Gasteiger partial charge in [-0.25, -0.2) is 0 Å². The van der Waals surface area contributed by atoms with E-state index in [0.717, 1.165) is 24.3 Å². The molecule has 1 atom stereocenters. The smallest absolute Gasteiger partial charge is 0.00463 e. The van der Waals surface area contributed by atoms with Crippen LogP contribution in [0.25, 0.3) is 0 Å². The highest BCUT2D eigenvalue weighted by Crippen LogP contribution is 2.33. The highest BCUT2D eigenvalue weighted by Gasteiger charge is 2.23. The third-order valence-electron chi connectivity index (χ3n) is 3.55. The van der Waals surface area contributed by atoms with E-state index in [1.165, 1.54) is 32.1 Å². The topological polar surface area (TPSA) is 26.0 Å². The lowest BCUT2D eigenvalue weighted by Gasteiger charge is -2.31. The predicted octanol–water partition coefficient (Wildman–Crippen LogP) is 2.80. The van der Waals surface area contributed by atoms with Crippen molar-refractivity contribution < 1.29 is 0 Å². The zero-order chi connectivity index (χ0) is 8.97. The van der Waals surface area contributed by atoms with Crippen LogP contribution in [-0.2, 0) is 0 Å². The van der Waals surface area contributed by atoms with Gasteiger partial charge < -0.3 is 5.73 Å². The molecule has 0 aromatic carbocycles. The minimum Gasteiger partial charge on any atom is -0.330 e. The molecule has 72 valence electrons. The van der Waals surface area contributed by atoms with Gasteiger partial charge in [0.1, 0.15) is 0 Å². The minimum atomic E-state index is 0.803. The van der Waals surface area contributed by atoms with Gasteiger partial charge in [0, 0.05) is 0 Å². The molecule has 1 aliphatic rings. The summed E-state index contributed by atoms with van der Waals surface area (Å²) in [5.41, 5.74) is 5.75. The lowest BCUT2D eigenvalue weighted by Crippen LogP contribution is -2.26. The van der Waals surface area contributed by atoms with E-state index < -0.39 is 0 Å². The fourth-order valence-corrected chi connectivity index (χ4v) is 2.45. The maximum Gasteiger partial charge on any atom is -0.00463 e. The first-order chi connectivity index (χ1) is 5.77. The molecule has 0 saturated heterocycles. The van der Waals surface area contributed by atoms with E-state index in [1.807, 2.05) is 0 Å². The number of nitrogens with two attached hydrogens (primary N) is 1. The monoisotopic (exact) mass is 169 g/mol. The van der Waals surface area contributed by atoms with E-state index in [4.69, 9.17) is 5.73 Å². The molecule has 0 bridgehead atoms. The van der Waals surface area contributed by atoms with Gasteiger partial charge in [-0.2, -0.15) is 0 Å². The standard InChI is InChI=1S/C11H23N/c1-3-10(8-12)11-6-4-9(2)5-7-11/h9-11H,3-8,12H2,1-2H3. The van der Waals surface area contributed by atoms with Crippen molar-refractivity contribution in [1.82, 2.24) is 0 Å². The first kappa shape index (κ1) is 10.0. The largest absolute Gasteiger partial charge is 0.330 e. The molecule has 1 fully saturated rings. The van der Waals surface area contributed by atoms with Gasteiger partial charge in [0.15, 0.2) is 0 Å². The zero-order valence-corrected chi connectivity index (χ0v) is 8.55. The van der Waals surface area contributed by atoms with Gasteiger partial charge in [-0.15, -0.1) is 0 Å². The second-order valence-corrected chi connectivity index (χ2v) is 4.42. The van der Waals surface area contributed by atoms with Crippen molar-refractivity contribution in [2.75, 3.05) is 6.54 Å². The summed E-state index contributed by atoms with van der Waals surface area (Å²) in [6.45, 7) is 5.55. The first-order valence-corrected chi connectivity index (χ1v) is 5.48. The maximum atomic E-state index is 5.75. The lowest BCUT2D eigenvalue weighted by atomic mass is 9.75. The first-order valence-electron chi connectivity index (χ1n) is 5.48. The number of rotatable bonds is 3. The van der Waals surface area contributed by atoms with Gasteiger partial charge in [0.05, 0.1) is 0 Å². The van der Waals surface area contributed by atoms with Crippen molar-refractivity contribution in [3.8, 4) is 0 Å². The normalized spacial score (nSPS) is 33.2. The van der Waals surface area contributed by atoms with E-state index >= 15 is 0 Å². The van der Waals surface area contributed by atoms with E-state index in [0.29, 0.717) is 0 Å². The highest BCUT2D eigenvalue weighted by atomic mass is 14.6. The third kappa shape index (κ3) is 2.48. The molecule has 0 radical (unpaired) electrons. The Kier molecular flexibility index (Phi) is 4.07. The third-order valence-corrected chi connectivity index (χ3v) is 3.55. The van der Waals surface area contributed by atoms with Crippen molar-refractivity contribution in [2.45, 2.75) is 46.0 Å². The molecular formula is C11H23N. The lowest BCUT2D eigenvalue weighted by molar-refractivity contribution is 0.211. The molecule has 1 saturated carbocycles. The maximum absolute atomic E-state index is 5.75. The van der Waals surface area contributed by atoms with E-state index in [1.54, 1.807) is 0 Å². The summed E-state index contributed by atoms with van der Waals surface area (Å²) in [7, 11) is 0. The van der Waals surface area contributed by atoms with Crippen LogP contribution in [0.5, 0.6) is 0 Å². The summed E-state index contributed by atoms with van der Waals surface area (Å²) in [5.74, 6) is 2.71. The van der Waals surface area contributed by atoms with Crippen molar-refractivity contribution >= 4 is 0 Å². The molecule has 1 heteroatoms. The second-order valence-electron chi connectivity index (χ2n) is 4.42. The van der Waals surface area contributed by atoms with Crippen LogP contribution in [0, 0.1) is 17.8 Å². The summed E-state index contributed by atoms with van der Waals surface area (Å²) in [6.07, 6.45) is 6.99. The Hall–Kier alpha value is -0.0400. The minimum absolute atomic E-state index is 0.803. The van der Waals surface area contributed by atoms with E-state index in [2.05, 4.69) is 13.8 Å². The number of hydrogen-bond acceptors (Lipinski definition) is 1. The molecule has 1 unspecified atom stereocenters. The van der Waals surface area contributed by atoms with Crippen LogP contribution in [0.3, 0.4) is 0 Å². The second kappa shape index (κ2) is 4.86. The van der Waals surface area contributed by atoms with Crippen LogP contribution in [-0.4, -0.2) is 6.54 Å². The Labute approximate surface area is 76.7 Å². The van der Waals surface area contributed by atoms with Gasteiger partial charge in [0.2, 0.25) is 0 Å². The Bertz CT molecular complexity index is 110. The fourth-order valence-electron chi connectivity index (χ4n) is 2.45. The zero-order valence-electron chi connectivity index (χ0n) is 8.55. The Morgan fingerprint density at radius 1 is 1.25 bits per heavy atom. The van der Waals surface area contributed by atoms with Crippen molar-refractivity contribution in [2.24, 2.45) is 23.5 Å². The van der Waals surface area contributed by atoms with Gasteiger partial charge in [-0.1, -0.05) is 33.1 Å². The average molecular weight is 169 g/mol. The Morgan fingerprint density at radius 3 is 2.25 bits per heavy atom. The summed E-state index contributed by atoms with van der Waals surface area (Å²) in [5, 5.41) is 0. The van der Waals surface area contributed by atoms with Crippen LogP contribution in [0.1, 0.15) is 46.0 Å². The van der Waals surface area contributed by atoms with Gasteiger partial charge in [-0.3, -0.25) is 0 Å². The SMILES string of the molecule is CCC(CN)C1CCC(C)CC1. The van der Waals surface area contributed by atoms with Crippen LogP contribution in [0.4, 0.5) is 0 Å². The van der Waals surface area contributed by atoms with Crippen molar-refractivity contribution in [1.29, 1.82) is 0 Å². The van der Waals surface area contributed by atoms with E-state index in [9.17, 15) is 0 Å². The van der Waals surface area contributed by atoms with Crippen molar-refractivity contribution in [3.63, 3.8) is 0 Å². The van der Waals surface area contributed by atoms with Crippen LogP contribution in [0.15, 0.2) is 0 Å². The fraction of sp³-hybridized carbons (Fsp3) is 1.00.